The first-order chi connectivity index (χ1) is 10.1. The maximum Gasteiger partial charge on any atom is 0.241 e. The molecule has 1 unspecified atom stereocenters. The van der Waals surface area contributed by atoms with E-state index >= 15 is 0 Å². The number of hydrogen-bond donors (Lipinski definition) is 2. The summed E-state index contributed by atoms with van der Waals surface area (Å²) in [5, 5.41) is 3.56. The average Bonchev–Trinajstić information content (AvgIpc) is 2.47. The van der Waals surface area contributed by atoms with Crippen molar-refractivity contribution >= 4 is 17.5 Å². The van der Waals surface area contributed by atoms with Crippen LogP contribution in [0.3, 0.4) is 0 Å². The van der Waals surface area contributed by atoms with E-state index in [0.717, 1.165) is 23.1 Å². The zero-order valence-corrected chi connectivity index (χ0v) is 12.7. The highest BCUT2D eigenvalue weighted by molar-refractivity contribution is 6.30. The molecule has 2 rings (SSSR count). The fraction of sp³-hybridized carbons (Fsp3) is 0.235. The first-order valence-corrected chi connectivity index (χ1v) is 7.28. The summed E-state index contributed by atoms with van der Waals surface area (Å²) in [6, 6.07) is 14.7. The Balaban J connectivity index is 1.85. The van der Waals surface area contributed by atoms with Crippen molar-refractivity contribution in [1.82, 2.24) is 5.32 Å². The normalized spacial score (nSPS) is 12.0. The maximum absolute atomic E-state index is 12.0. The molecular formula is C17H19ClN2O. The fourth-order valence-electron chi connectivity index (χ4n) is 2.06. The molecule has 0 spiro atoms. The van der Waals surface area contributed by atoms with E-state index in [1.807, 2.05) is 55.5 Å². The second kappa shape index (κ2) is 7.25. The second-order valence-electron chi connectivity index (χ2n) is 5.06. The van der Waals surface area contributed by atoms with Gasteiger partial charge in [-0.15, -0.1) is 0 Å². The Labute approximate surface area is 130 Å². The van der Waals surface area contributed by atoms with Crippen LogP contribution >= 0.6 is 11.6 Å². The van der Waals surface area contributed by atoms with Crippen LogP contribution in [0.15, 0.2) is 48.5 Å². The third kappa shape index (κ3) is 4.59. The molecule has 3 nitrogen and oxygen atoms in total. The number of hydrogen-bond acceptors (Lipinski definition) is 2. The van der Waals surface area contributed by atoms with Gasteiger partial charge in [-0.05, 0) is 36.6 Å². The zero-order valence-electron chi connectivity index (χ0n) is 12.0. The highest BCUT2D eigenvalue weighted by Crippen LogP contribution is 2.12. The van der Waals surface area contributed by atoms with Crippen LogP contribution < -0.4 is 11.1 Å². The van der Waals surface area contributed by atoms with E-state index in [2.05, 4.69) is 5.32 Å². The Hall–Kier alpha value is -1.84. The van der Waals surface area contributed by atoms with Gasteiger partial charge in [0.2, 0.25) is 5.91 Å². The lowest BCUT2D eigenvalue weighted by molar-refractivity contribution is -0.122. The lowest BCUT2D eigenvalue weighted by Crippen LogP contribution is -2.35. The molecule has 0 radical (unpaired) electrons. The van der Waals surface area contributed by atoms with Gasteiger partial charge in [-0.2, -0.15) is 0 Å². The van der Waals surface area contributed by atoms with E-state index < -0.39 is 6.04 Å². The predicted molar refractivity (Wildman–Crippen MR) is 86.3 cm³/mol. The quantitative estimate of drug-likeness (QED) is 0.892. The zero-order chi connectivity index (χ0) is 15.2. The molecule has 0 aliphatic carbocycles. The number of rotatable bonds is 5. The van der Waals surface area contributed by atoms with Crippen molar-refractivity contribution in [2.45, 2.75) is 19.4 Å². The molecule has 0 bridgehead atoms. The van der Waals surface area contributed by atoms with Crippen LogP contribution in [0.25, 0.3) is 0 Å². The van der Waals surface area contributed by atoms with Crippen LogP contribution in [0.5, 0.6) is 0 Å². The van der Waals surface area contributed by atoms with Crippen molar-refractivity contribution in [1.29, 1.82) is 0 Å². The monoisotopic (exact) mass is 302 g/mol. The number of amides is 1. The first kappa shape index (κ1) is 15.5. The van der Waals surface area contributed by atoms with Gasteiger partial charge in [0.05, 0.1) is 0 Å². The van der Waals surface area contributed by atoms with Crippen LogP contribution in [0.4, 0.5) is 0 Å². The Morgan fingerprint density at radius 3 is 2.62 bits per heavy atom. The number of carbonyl (C=O) groups excluding carboxylic acids is 1. The number of aryl methyl sites for hydroxylation is 1. The topological polar surface area (TPSA) is 55.1 Å². The maximum atomic E-state index is 12.0. The summed E-state index contributed by atoms with van der Waals surface area (Å²) >= 11 is 5.92. The van der Waals surface area contributed by atoms with E-state index in [4.69, 9.17) is 17.3 Å². The van der Waals surface area contributed by atoms with Crippen LogP contribution in [0.1, 0.15) is 22.7 Å². The van der Waals surface area contributed by atoms with Crippen LogP contribution in [0.2, 0.25) is 5.02 Å². The molecule has 110 valence electrons. The predicted octanol–water partition coefficient (Wildman–Crippen LogP) is 3.01. The number of benzene rings is 2. The lowest BCUT2D eigenvalue weighted by Gasteiger charge is -2.13. The van der Waals surface area contributed by atoms with Gasteiger partial charge >= 0.3 is 0 Å². The second-order valence-corrected chi connectivity index (χ2v) is 5.50. The highest BCUT2D eigenvalue weighted by atomic mass is 35.5. The molecule has 0 heterocycles. The molecule has 3 N–H and O–H groups in total. The molecule has 0 fully saturated rings. The van der Waals surface area contributed by atoms with Gasteiger partial charge in [0.25, 0.3) is 0 Å². The molecule has 0 aromatic heterocycles. The largest absolute Gasteiger partial charge is 0.354 e. The van der Waals surface area contributed by atoms with Gasteiger partial charge in [0, 0.05) is 11.6 Å². The van der Waals surface area contributed by atoms with Gasteiger partial charge in [-0.3, -0.25) is 4.79 Å². The summed E-state index contributed by atoms with van der Waals surface area (Å²) < 4.78 is 0. The Bertz CT molecular complexity index is 610. The van der Waals surface area contributed by atoms with E-state index in [0.29, 0.717) is 11.6 Å². The molecular weight excluding hydrogens is 284 g/mol. The van der Waals surface area contributed by atoms with E-state index in [1.54, 1.807) is 0 Å². The molecule has 1 atom stereocenters. The van der Waals surface area contributed by atoms with Crippen molar-refractivity contribution in [2.75, 3.05) is 6.54 Å². The molecule has 4 heteroatoms. The van der Waals surface area contributed by atoms with Crippen molar-refractivity contribution in [3.05, 3.63) is 70.2 Å². The summed E-state index contributed by atoms with van der Waals surface area (Å²) in [5.41, 5.74) is 9.01. The Kier molecular flexibility index (Phi) is 5.37. The van der Waals surface area contributed by atoms with Gasteiger partial charge < -0.3 is 11.1 Å². The molecule has 2 aromatic rings. The minimum Gasteiger partial charge on any atom is -0.354 e. The molecule has 0 saturated heterocycles. The highest BCUT2D eigenvalue weighted by Gasteiger charge is 2.14. The molecule has 0 saturated carbocycles. The molecule has 21 heavy (non-hydrogen) atoms. The van der Waals surface area contributed by atoms with Crippen LogP contribution in [-0.2, 0) is 11.2 Å². The standard InChI is InChI=1S/C17H19ClN2O/c1-12-5-7-14(8-6-12)16(19)17(21)20-10-9-13-3-2-4-15(18)11-13/h2-8,11,16H,9-10,19H2,1H3,(H,20,21). The third-order valence-corrected chi connectivity index (χ3v) is 3.56. The van der Waals surface area contributed by atoms with Gasteiger partial charge in [-0.25, -0.2) is 0 Å². The smallest absolute Gasteiger partial charge is 0.241 e. The van der Waals surface area contributed by atoms with Crippen molar-refractivity contribution < 1.29 is 4.79 Å². The summed E-state index contributed by atoms with van der Waals surface area (Å²) in [6.45, 7) is 2.54. The van der Waals surface area contributed by atoms with Gasteiger partial charge in [0.1, 0.15) is 6.04 Å². The van der Waals surface area contributed by atoms with Gasteiger partial charge in [0.15, 0.2) is 0 Å². The van der Waals surface area contributed by atoms with Crippen LogP contribution in [0, 0.1) is 6.92 Å². The molecule has 2 aromatic carbocycles. The van der Waals surface area contributed by atoms with Gasteiger partial charge in [-0.1, -0.05) is 53.6 Å². The lowest BCUT2D eigenvalue weighted by atomic mass is 10.1. The van der Waals surface area contributed by atoms with E-state index in [-0.39, 0.29) is 5.91 Å². The number of nitrogens with one attached hydrogen (secondary N) is 1. The Morgan fingerprint density at radius 2 is 1.95 bits per heavy atom. The first-order valence-electron chi connectivity index (χ1n) is 6.90. The van der Waals surface area contributed by atoms with E-state index in [1.165, 1.54) is 0 Å². The van der Waals surface area contributed by atoms with Crippen LogP contribution in [-0.4, -0.2) is 12.5 Å². The molecule has 1 amide bonds. The summed E-state index contributed by atoms with van der Waals surface area (Å²) in [4.78, 5) is 12.0. The average molecular weight is 303 g/mol. The number of nitrogens with two attached hydrogens (primary N) is 1. The van der Waals surface area contributed by atoms with Crippen molar-refractivity contribution in [3.63, 3.8) is 0 Å². The van der Waals surface area contributed by atoms with Crippen molar-refractivity contribution in [3.8, 4) is 0 Å². The van der Waals surface area contributed by atoms with E-state index in [9.17, 15) is 4.79 Å². The minimum absolute atomic E-state index is 0.166. The third-order valence-electron chi connectivity index (χ3n) is 3.32. The number of halogens is 1. The SMILES string of the molecule is Cc1ccc(C(N)C(=O)NCCc2cccc(Cl)c2)cc1. The fourth-order valence-corrected chi connectivity index (χ4v) is 2.27. The summed E-state index contributed by atoms with van der Waals surface area (Å²) in [5.74, 6) is -0.166. The van der Waals surface area contributed by atoms with Crippen molar-refractivity contribution in [2.24, 2.45) is 5.73 Å². The minimum atomic E-state index is -0.634. The summed E-state index contributed by atoms with van der Waals surface area (Å²) in [7, 11) is 0. The number of carbonyl (C=O) groups is 1. The molecule has 0 aliphatic heterocycles. The molecule has 0 aliphatic rings. The summed E-state index contributed by atoms with van der Waals surface area (Å²) in [6.07, 6.45) is 0.729. The Morgan fingerprint density at radius 1 is 1.24 bits per heavy atom.